The first-order chi connectivity index (χ1) is 32.4. The Balaban J connectivity index is 0.000000178. The van der Waals surface area contributed by atoms with Gasteiger partial charge >= 0.3 is 0 Å². The van der Waals surface area contributed by atoms with Crippen LogP contribution in [0.25, 0.3) is 34.7 Å². The van der Waals surface area contributed by atoms with Gasteiger partial charge in [-0.15, -0.1) is 0 Å². The van der Waals surface area contributed by atoms with E-state index in [1.807, 2.05) is 23.1 Å². The van der Waals surface area contributed by atoms with Crippen molar-refractivity contribution in [2.75, 3.05) is 37.7 Å². The number of benzene rings is 4. The fourth-order valence-electron chi connectivity index (χ4n) is 8.27. The van der Waals surface area contributed by atoms with Crippen molar-refractivity contribution in [1.29, 1.82) is 0 Å². The molecule has 8 nitrogen and oxygen atoms in total. The van der Waals surface area contributed by atoms with E-state index >= 15 is 0 Å². The maximum atomic E-state index is 13.5. The summed E-state index contributed by atoms with van der Waals surface area (Å²) in [6, 6.07) is 22.9. The second-order valence-corrected chi connectivity index (χ2v) is 20.2. The van der Waals surface area contributed by atoms with Gasteiger partial charge in [0.1, 0.15) is 17.3 Å². The number of fused-ring (bicyclic) bond motifs is 2. The second kappa shape index (κ2) is 24.1. The Morgan fingerprint density at radius 2 is 1.03 bits per heavy atom. The molecular weight excluding hydrogens is 1010 g/mol. The number of nitrogens with one attached hydrogen (secondary N) is 1. The first-order valence-corrected chi connectivity index (χ1v) is 26.1. The molecular formula is C51H49Cl5F2N6O2S2. The van der Waals surface area contributed by atoms with Crippen molar-refractivity contribution in [3.8, 4) is 11.4 Å². The van der Waals surface area contributed by atoms with Gasteiger partial charge in [-0.25, -0.2) is 18.1 Å². The minimum atomic E-state index is -0.622. The molecule has 356 valence electrons. The number of carbonyl (C=O) groups is 2. The van der Waals surface area contributed by atoms with E-state index < -0.39 is 5.24 Å². The van der Waals surface area contributed by atoms with Gasteiger partial charge in [0.2, 0.25) is 0 Å². The summed E-state index contributed by atoms with van der Waals surface area (Å²) in [5.41, 5.74) is 8.99. The number of thioether (sulfide) groups is 2. The molecule has 0 aliphatic carbocycles. The van der Waals surface area contributed by atoms with Crippen LogP contribution < -0.4 is 5.32 Å². The molecule has 4 aliphatic heterocycles. The number of carbonyl (C=O) groups excluding carboxylic acids is 2. The molecule has 2 aromatic heterocycles. The van der Waals surface area contributed by atoms with E-state index in [0.29, 0.717) is 54.4 Å². The number of halogens is 7. The predicted octanol–water partition coefficient (Wildman–Crippen LogP) is 14.6. The lowest BCUT2D eigenvalue weighted by Gasteiger charge is -2.26. The Hall–Kier alpha value is -4.11. The molecule has 0 spiro atoms. The summed E-state index contributed by atoms with van der Waals surface area (Å²) in [5, 5.41) is 13.8. The number of nitrogens with zero attached hydrogens (tertiary/aromatic N) is 5. The molecule has 6 aromatic rings. The van der Waals surface area contributed by atoms with Gasteiger partial charge in [0.05, 0.1) is 32.8 Å². The molecule has 0 radical (unpaired) electrons. The van der Waals surface area contributed by atoms with Gasteiger partial charge in [-0.2, -0.15) is 33.7 Å². The van der Waals surface area contributed by atoms with Gasteiger partial charge < -0.3 is 10.2 Å². The minimum absolute atomic E-state index is 0. The Kier molecular flexibility index (Phi) is 18.4. The van der Waals surface area contributed by atoms with Crippen LogP contribution in [0.2, 0.25) is 20.1 Å². The lowest BCUT2D eigenvalue weighted by atomic mass is 10.0. The van der Waals surface area contributed by atoms with Crippen molar-refractivity contribution in [2.24, 2.45) is 0 Å². The highest BCUT2D eigenvalue weighted by atomic mass is 35.5. The van der Waals surface area contributed by atoms with E-state index in [9.17, 15) is 18.4 Å². The van der Waals surface area contributed by atoms with E-state index in [-0.39, 0.29) is 30.7 Å². The van der Waals surface area contributed by atoms with Crippen molar-refractivity contribution in [2.45, 2.75) is 57.5 Å². The third-order valence-corrected chi connectivity index (χ3v) is 14.8. The molecule has 2 fully saturated rings. The number of amides is 1. The van der Waals surface area contributed by atoms with Crippen LogP contribution in [0.3, 0.4) is 0 Å². The maximum absolute atomic E-state index is 13.5. The SMILES string of the molecule is C.C1CCNCC1.O=C(Cl)c1nn(-c2ccc(Cl)cc2Cl)c2c1CSC/C2=C\c1ccc(F)cc1.O=C(c1nn(-c2ccc(Cl)cc2Cl)c2c1CSC/C2=C\c1ccc(F)cc1)N1CCCCC1. The Labute approximate surface area is 429 Å². The average molecular weight is 1060 g/mol. The van der Waals surface area contributed by atoms with Crippen LogP contribution in [0, 0.1) is 11.6 Å². The van der Waals surface area contributed by atoms with Gasteiger partial charge in [0, 0.05) is 57.3 Å². The van der Waals surface area contributed by atoms with Crippen molar-refractivity contribution >= 4 is 116 Å². The zero-order valence-electron chi connectivity index (χ0n) is 36.2. The van der Waals surface area contributed by atoms with Gasteiger partial charge in [0.25, 0.3) is 11.1 Å². The van der Waals surface area contributed by atoms with Crippen molar-refractivity contribution in [1.82, 2.24) is 29.8 Å². The van der Waals surface area contributed by atoms with Gasteiger partial charge in [-0.1, -0.05) is 84.5 Å². The van der Waals surface area contributed by atoms with Crippen molar-refractivity contribution in [3.05, 3.63) is 162 Å². The van der Waals surface area contributed by atoms with Gasteiger partial charge in [0.15, 0.2) is 5.69 Å². The average Bonchev–Trinajstić information content (AvgIpc) is 3.92. The van der Waals surface area contributed by atoms with Crippen LogP contribution in [-0.2, 0) is 11.5 Å². The summed E-state index contributed by atoms with van der Waals surface area (Å²) < 4.78 is 30.1. The smallest absolute Gasteiger partial charge is 0.274 e. The molecule has 2 saturated heterocycles. The first kappa shape index (κ1) is 51.7. The van der Waals surface area contributed by atoms with Crippen molar-refractivity contribution in [3.63, 3.8) is 0 Å². The third-order valence-electron chi connectivity index (χ3n) is 11.5. The first-order valence-electron chi connectivity index (χ1n) is 21.9. The highest BCUT2D eigenvalue weighted by Crippen LogP contribution is 2.41. The standard InChI is InChI=1S/C25H22Cl2FN3OS.C20H12Cl3FN2OS.C5H11N.CH4/c26-18-6-9-22(21(27)13-18)31-24-17(12-16-4-7-19(28)8-5-16)14-33-15-20(24)23(29-31)25(32)30-10-2-1-3-11-30;21-13-3-6-17(16(22)8-13)26-19-12(7-11-1-4-14(24)5-2-11)9-28-10-15(19)18(25-26)20(23)27;1-2-4-6-5-3-1;/h4-9,12-13H,1-3,10-11,14-15H2;1-8H,9-10H2;6H,1-5H2;1H4/b17-12+;12-7+;;. The molecule has 10 rings (SSSR count). The van der Waals surface area contributed by atoms with E-state index in [1.54, 1.807) is 87.5 Å². The zero-order chi connectivity index (χ0) is 47.0. The Morgan fingerprint density at radius 1 is 0.588 bits per heavy atom. The normalized spacial score (nSPS) is 16.7. The topological polar surface area (TPSA) is 85.0 Å². The van der Waals surface area contributed by atoms with Gasteiger partial charge in [-0.3, -0.25) is 9.59 Å². The molecule has 4 aliphatic rings. The van der Waals surface area contributed by atoms with E-state index in [4.69, 9.17) is 63.1 Å². The zero-order valence-corrected chi connectivity index (χ0v) is 41.6. The molecule has 1 amide bonds. The number of hydrogen-bond acceptors (Lipinski definition) is 7. The quantitative estimate of drug-likeness (QED) is 0.166. The molecule has 0 saturated carbocycles. The fourth-order valence-corrected chi connectivity index (χ4v) is 11.4. The van der Waals surface area contributed by atoms with Crippen molar-refractivity contribution < 1.29 is 18.4 Å². The highest BCUT2D eigenvalue weighted by molar-refractivity contribution is 7.99. The second-order valence-electron chi connectivity index (χ2n) is 16.2. The maximum Gasteiger partial charge on any atom is 0.274 e. The predicted molar refractivity (Wildman–Crippen MR) is 281 cm³/mol. The molecule has 0 atom stereocenters. The van der Waals surface area contributed by atoms with E-state index in [1.165, 1.54) is 56.6 Å². The largest absolute Gasteiger partial charge is 0.337 e. The number of rotatable bonds is 6. The lowest BCUT2D eigenvalue weighted by Crippen LogP contribution is -2.36. The van der Waals surface area contributed by atoms with Crippen LogP contribution in [-0.4, -0.2) is 73.3 Å². The molecule has 4 aromatic carbocycles. The third kappa shape index (κ3) is 12.4. The minimum Gasteiger partial charge on any atom is -0.337 e. The highest BCUT2D eigenvalue weighted by Gasteiger charge is 2.32. The summed E-state index contributed by atoms with van der Waals surface area (Å²) in [6.07, 6.45) is 11.4. The monoisotopic (exact) mass is 1050 g/mol. The molecule has 6 heterocycles. The number of likely N-dealkylation sites (tertiary alicyclic amines) is 1. The fraction of sp³-hybridized carbons (Fsp3) is 0.294. The van der Waals surface area contributed by atoms with Gasteiger partial charge in [-0.05, 0) is 152 Å². The molecule has 68 heavy (non-hydrogen) atoms. The number of hydrogen-bond donors (Lipinski definition) is 1. The molecule has 0 bridgehead atoms. The summed E-state index contributed by atoms with van der Waals surface area (Å²) in [5.74, 6) is 2.15. The summed E-state index contributed by atoms with van der Waals surface area (Å²) in [7, 11) is 0. The Morgan fingerprint density at radius 3 is 1.44 bits per heavy atom. The summed E-state index contributed by atoms with van der Waals surface area (Å²) >= 11 is 34.3. The van der Waals surface area contributed by atoms with Crippen LogP contribution in [0.1, 0.15) is 101 Å². The number of piperidine rings is 2. The summed E-state index contributed by atoms with van der Waals surface area (Å²) in [6.45, 7) is 4.02. The van der Waals surface area contributed by atoms with E-state index in [0.717, 1.165) is 82.9 Å². The molecule has 0 unspecified atom stereocenters. The number of aromatic nitrogens is 4. The lowest BCUT2D eigenvalue weighted by molar-refractivity contribution is 0.0717. The molecule has 1 N–H and O–H groups in total. The van der Waals surface area contributed by atoms with Crippen LogP contribution in [0.4, 0.5) is 8.78 Å². The van der Waals surface area contributed by atoms with E-state index in [2.05, 4.69) is 10.4 Å². The van der Waals surface area contributed by atoms with Crippen LogP contribution in [0.15, 0.2) is 84.9 Å². The summed E-state index contributed by atoms with van der Waals surface area (Å²) in [4.78, 5) is 27.4. The Bertz CT molecular complexity index is 2810. The molecule has 17 heteroatoms. The van der Waals surface area contributed by atoms with Crippen LogP contribution >= 0.6 is 81.5 Å². The van der Waals surface area contributed by atoms with Crippen LogP contribution in [0.5, 0.6) is 0 Å².